The fourth-order valence-corrected chi connectivity index (χ4v) is 2.36. The van der Waals surface area contributed by atoms with Gasteiger partial charge in [0.25, 0.3) is 0 Å². The molecule has 1 heterocycles. The highest BCUT2D eigenvalue weighted by molar-refractivity contribution is 5.96. The Balaban J connectivity index is 2.14. The van der Waals surface area contributed by atoms with Gasteiger partial charge in [-0.2, -0.15) is 0 Å². The number of amides is 2. The summed E-state index contributed by atoms with van der Waals surface area (Å²) < 4.78 is 0. The van der Waals surface area contributed by atoms with E-state index >= 15 is 0 Å². The van der Waals surface area contributed by atoms with Gasteiger partial charge < -0.3 is 15.1 Å². The van der Waals surface area contributed by atoms with Crippen molar-refractivity contribution in [2.24, 2.45) is 0 Å². The van der Waals surface area contributed by atoms with E-state index in [-0.39, 0.29) is 12.6 Å². The van der Waals surface area contributed by atoms with Crippen molar-refractivity contribution in [3.8, 4) is 0 Å². The van der Waals surface area contributed by atoms with Crippen LogP contribution in [0.25, 0.3) is 0 Å². The number of anilines is 1. The average molecular weight is 292 g/mol. The quantitative estimate of drug-likeness (QED) is 0.885. The van der Waals surface area contributed by atoms with Crippen molar-refractivity contribution < 1.29 is 19.8 Å². The lowest BCUT2D eigenvalue weighted by molar-refractivity contribution is -0.135. The lowest BCUT2D eigenvalue weighted by Gasteiger charge is -2.38. The van der Waals surface area contributed by atoms with Crippen LogP contribution in [0.2, 0.25) is 0 Å². The molecule has 0 saturated carbocycles. The first kappa shape index (κ1) is 15.3. The Morgan fingerprint density at radius 2 is 1.81 bits per heavy atom. The van der Waals surface area contributed by atoms with E-state index in [1.54, 1.807) is 36.1 Å². The number of aliphatic carboxylic acids is 1. The number of carbonyl (C=O) groups excluding carboxylic acids is 1. The molecule has 1 fully saturated rings. The molecular formula is C15H20N2O4. The minimum atomic E-state index is -1.06. The van der Waals surface area contributed by atoms with Gasteiger partial charge in [0, 0.05) is 18.8 Å². The average Bonchev–Trinajstić information content (AvgIpc) is 2.45. The second-order valence-corrected chi connectivity index (χ2v) is 5.58. The van der Waals surface area contributed by atoms with Gasteiger partial charge in [0.1, 0.15) is 6.54 Å². The van der Waals surface area contributed by atoms with Crippen molar-refractivity contribution in [2.45, 2.75) is 25.4 Å². The van der Waals surface area contributed by atoms with Crippen molar-refractivity contribution >= 4 is 17.7 Å². The van der Waals surface area contributed by atoms with E-state index in [1.165, 1.54) is 4.90 Å². The summed E-state index contributed by atoms with van der Waals surface area (Å²) >= 11 is 0. The lowest BCUT2D eigenvalue weighted by Crippen LogP contribution is -2.51. The predicted octanol–water partition coefficient (Wildman–Crippen LogP) is 1.54. The summed E-state index contributed by atoms with van der Waals surface area (Å²) in [5, 5.41) is 19.0. The van der Waals surface area contributed by atoms with E-state index in [2.05, 4.69) is 0 Å². The summed E-state index contributed by atoms with van der Waals surface area (Å²) in [5.41, 5.74) is -0.191. The smallest absolute Gasteiger partial charge is 0.325 e. The van der Waals surface area contributed by atoms with Crippen LogP contribution in [-0.2, 0) is 4.79 Å². The van der Waals surface area contributed by atoms with Gasteiger partial charge in [-0.05, 0) is 31.9 Å². The number of rotatable bonds is 3. The molecule has 1 aromatic carbocycles. The van der Waals surface area contributed by atoms with Gasteiger partial charge in [0.2, 0.25) is 0 Å². The number of aliphatic hydroxyl groups is 1. The molecule has 6 nitrogen and oxygen atoms in total. The summed E-state index contributed by atoms with van der Waals surface area (Å²) in [6.45, 7) is 2.22. The molecule has 0 aromatic heterocycles. The molecule has 1 aliphatic heterocycles. The van der Waals surface area contributed by atoms with Gasteiger partial charge in [-0.1, -0.05) is 18.2 Å². The van der Waals surface area contributed by atoms with Gasteiger partial charge in [0.15, 0.2) is 0 Å². The number of hydrogen-bond donors (Lipinski definition) is 2. The summed E-state index contributed by atoms with van der Waals surface area (Å²) in [5.74, 6) is -1.06. The SMILES string of the molecule is CC1(O)CCN(C(=O)N(CC(=O)O)c2ccccc2)CC1. The minimum Gasteiger partial charge on any atom is -0.480 e. The Kier molecular flexibility index (Phi) is 4.47. The number of hydrogen-bond acceptors (Lipinski definition) is 3. The van der Waals surface area contributed by atoms with Crippen molar-refractivity contribution in [3.63, 3.8) is 0 Å². The molecule has 0 aliphatic carbocycles. The first-order valence-corrected chi connectivity index (χ1v) is 6.95. The van der Waals surface area contributed by atoms with Crippen molar-refractivity contribution in [1.82, 2.24) is 4.90 Å². The standard InChI is InChI=1S/C15H20N2O4/c1-15(21)7-9-16(10-8-15)14(20)17(11-13(18)19)12-5-3-2-4-6-12/h2-6,21H,7-11H2,1H3,(H,18,19). The number of para-hydroxylation sites is 1. The predicted molar refractivity (Wildman–Crippen MR) is 78.3 cm³/mol. The van der Waals surface area contributed by atoms with E-state index in [4.69, 9.17) is 5.11 Å². The lowest BCUT2D eigenvalue weighted by atomic mass is 9.94. The zero-order chi connectivity index (χ0) is 15.5. The van der Waals surface area contributed by atoms with E-state index in [0.29, 0.717) is 31.6 Å². The zero-order valence-corrected chi connectivity index (χ0v) is 12.0. The molecule has 2 N–H and O–H groups in total. The van der Waals surface area contributed by atoms with Gasteiger partial charge in [-0.3, -0.25) is 9.69 Å². The molecule has 0 unspecified atom stereocenters. The number of likely N-dealkylation sites (tertiary alicyclic amines) is 1. The largest absolute Gasteiger partial charge is 0.480 e. The fraction of sp³-hybridized carbons (Fsp3) is 0.467. The number of piperidine rings is 1. The van der Waals surface area contributed by atoms with Gasteiger partial charge in [-0.15, -0.1) is 0 Å². The van der Waals surface area contributed by atoms with Crippen LogP contribution in [0.15, 0.2) is 30.3 Å². The zero-order valence-electron chi connectivity index (χ0n) is 12.0. The Bertz CT molecular complexity index is 506. The maximum Gasteiger partial charge on any atom is 0.325 e. The molecule has 114 valence electrons. The second kappa shape index (κ2) is 6.13. The van der Waals surface area contributed by atoms with E-state index < -0.39 is 11.6 Å². The van der Waals surface area contributed by atoms with E-state index in [9.17, 15) is 14.7 Å². The highest BCUT2D eigenvalue weighted by Crippen LogP contribution is 2.23. The number of carboxylic acids is 1. The van der Waals surface area contributed by atoms with Crippen molar-refractivity contribution in [2.75, 3.05) is 24.5 Å². The molecule has 1 aliphatic rings. The summed E-state index contributed by atoms with van der Waals surface area (Å²) in [7, 11) is 0. The monoisotopic (exact) mass is 292 g/mol. The number of nitrogens with zero attached hydrogens (tertiary/aromatic N) is 2. The first-order chi connectivity index (χ1) is 9.89. The topological polar surface area (TPSA) is 81.1 Å². The number of urea groups is 1. The first-order valence-electron chi connectivity index (χ1n) is 6.95. The molecule has 6 heteroatoms. The van der Waals surface area contributed by atoms with Crippen LogP contribution in [0.5, 0.6) is 0 Å². The molecule has 2 amide bonds. The van der Waals surface area contributed by atoms with Crippen LogP contribution in [0.3, 0.4) is 0 Å². The van der Waals surface area contributed by atoms with Crippen molar-refractivity contribution in [1.29, 1.82) is 0 Å². The Morgan fingerprint density at radius 3 is 2.33 bits per heavy atom. The Hall–Kier alpha value is -2.08. The van der Waals surface area contributed by atoms with Crippen LogP contribution in [0.1, 0.15) is 19.8 Å². The van der Waals surface area contributed by atoms with E-state index in [0.717, 1.165) is 0 Å². The molecule has 1 saturated heterocycles. The summed E-state index contributed by atoms with van der Waals surface area (Å²) in [4.78, 5) is 26.4. The number of carbonyl (C=O) groups is 2. The molecule has 21 heavy (non-hydrogen) atoms. The normalized spacial score (nSPS) is 17.3. The molecule has 2 rings (SSSR count). The van der Waals surface area contributed by atoms with Crippen LogP contribution in [-0.4, -0.2) is 52.3 Å². The molecule has 0 atom stereocenters. The fourth-order valence-electron chi connectivity index (χ4n) is 2.36. The van der Waals surface area contributed by atoms with Crippen LogP contribution < -0.4 is 4.90 Å². The van der Waals surface area contributed by atoms with Crippen LogP contribution in [0.4, 0.5) is 10.5 Å². The number of benzene rings is 1. The molecule has 0 bridgehead atoms. The number of carboxylic acid groups (broad SMARTS) is 1. The van der Waals surface area contributed by atoms with Crippen LogP contribution >= 0.6 is 0 Å². The third-order valence-corrected chi connectivity index (χ3v) is 3.70. The highest BCUT2D eigenvalue weighted by Gasteiger charge is 2.32. The minimum absolute atomic E-state index is 0.334. The third-order valence-electron chi connectivity index (χ3n) is 3.70. The van der Waals surface area contributed by atoms with Gasteiger partial charge >= 0.3 is 12.0 Å². The third kappa shape index (κ3) is 3.95. The highest BCUT2D eigenvalue weighted by atomic mass is 16.4. The Morgan fingerprint density at radius 1 is 1.24 bits per heavy atom. The maximum absolute atomic E-state index is 12.6. The second-order valence-electron chi connectivity index (χ2n) is 5.58. The molecule has 0 radical (unpaired) electrons. The molecular weight excluding hydrogens is 272 g/mol. The molecule has 1 aromatic rings. The van der Waals surface area contributed by atoms with Gasteiger partial charge in [0.05, 0.1) is 5.60 Å². The molecule has 0 spiro atoms. The maximum atomic E-state index is 12.6. The van der Waals surface area contributed by atoms with Gasteiger partial charge in [-0.25, -0.2) is 4.79 Å². The van der Waals surface area contributed by atoms with E-state index in [1.807, 2.05) is 6.07 Å². The van der Waals surface area contributed by atoms with Crippen LogP contribution in [0, 0.1) is 0 Å². The summed E-state index contributed by atoms with van der Waals surface area (Å²) in [6, 6.07) is 8.42. The Labute approximate surface area is 123 Å². The van der Waals surface area contributed by atoms with Crippen molar-refractivity contribution in [3.05, 3.63) is 30.3 Å². The summed E-state index contributed by atoms with van der Waals surface area (Å²) in [6.07, 6.45) is 0.989.